The van der Waals surface area contributed by atoms with Crippen molar-refractivity contribution < 1.29 is 23.9 Å². The number of nitrogens with zero attached hydrogens (tertiary/aromatic N) is 1. The van der Waals surface area contributed by atoms with Gasteiger partial charge in [-0.3, -0.25) is 9.36 Å². The summed E-state index contributed by atoms with van der Waals surface area (Å²) in [6.07, 6.45) is 1.81. The predicted molar refractivity (Wildman–Crippen MR) is 93.0 cm³/mol. The number of para-hydroxylation sites is 1. The molecule has 1 N–H and O–H groups in total. The van der Waals surface area contributed by atoms with E-state index < -0.39 is 23.7 Å². The molecule has 1 atom stereocenters. The normalized spacial score (nSPS) is 12.5. The largest absolute Gasteiger partial charge is 0.467 e. The third kappa shape index (κ3) is 4.59. The number of nitrogens with one attached hydrogen (secondary N) is 1. The number of hydrogen-bond donors (Lipinski definition) is 1. The first kappa shape index (κ1) is 18.5. The maximum atomic E-state index is 12.1. The lowest BCUT2D eigenvalue weighted by Crippen LogP contribution is -2.45. The number of ether oxygens (including phenoxy) is 2. The van der Waals surface area contributed by atoms with Crippen LogP contribution in [0.1, 0.15) is 26.3 Å². The van der Waals surface area contributed by atoms with Crippen molar-refractivity contribution in [3.8, 4) is 0 Å². The molecular formula is C18H22N2O5. The van der Waals surface area contributed by atoms with Crippen LogP contribution in [-0.4, -0.2) is 41.8 Å². The molecule has 0 aliphatic carbocycles. The standard InChI is InChI=1S/C18H22N2O5/c1-18(2,3)25-17(23)19-14(16(22)24-4)9-12-10-20(11-21)15-8-6-5-7-13(12)15/h5-8,10-11,14H,9H2,1-4H3,(H,19,23)/t14-/m0/s1. The van der Waals surface area contributed by atoms with Gasteiger partial charge in [-0.05, 0) is 32.4 Å². The SMILES string of the molecule is COC(=O)[C@H](Cc1cn(C=O)c2ccccc12)NC(=O)OC(C)(C)C. The molecule has 2 rings (SSSR count). The van der Waals surface area contributed by atoms with E-state index in [-0.39, 0.29) is 6.42 Å². The lowest BCUT2D eigenvalue weighted by molar-refractivity contribution is -0.143. The first-order chi connectivity index (χ1) is 11.7. The van der Waals surface area contributed by atoms with E-state index in [1.54, 1.807) is 27.0 Å². The fourth-order valence-corrected chi connectivity index (χ4v) is 2.53. The number of hydrogen-bond acceptors (Lipinski definition) is 5. The first-order valence-electron chi connectivity index (χ1n) is 7.86. The molecule has 7 heteroatoms. The molecule has 0 aliphatic heterocycles. The number of amides is 1. The van der Waals surface area contributed by atoms with Gasteiger partial charge in [-0.1, -0.05) is 18.2 Å². The second-order valence-electron chi connectivity index (χ2n) is 6.61. The predicted octanol–water partition coefficient (Wildman–Crippen LogP) is 2.29. The summed E-state index contributed by atoms with van der Waals surface area (Å²) in [6.45, 7) is 5.20. The van der Waals surface area contributed by atoms with Crippen molar-refractivity contribution in [1.29, 1.82) is 0 Å². The molecule has 0 unspecified atom stereocenters. The Morgan fingerprint density at radius 3 is 2.56 bits per heavy atom. The summed E-state index contributed by atoms with van der Waals surface area (Å²) in [5, 5.41) is 3.36. The Hall–Kier alpha value is -2.83. The van der Waals surface area contributed by atoms with Crippen molar-refractivity contribution in [3.63, 3.8) is 0 Å². The average molecular weight is 346 g/mol. The number of aromatic nitrogens is 1. The van der Waals surface area contributed by atoms with Crippen molar-refractivity contribution in [3.05, 3.63) is 36.0 Å². The molecule has 1 heterocycles. The summed E-state index contributed by atoms with van der Waals surface area (Å²) in [6, 6.07) is 6.40. The fourth-order valence-electron chi connectivity index (χ4n) is 2.53. The second-order valence-corrected chi connectivity index (χ2v) is 6.61. The van der Waals surface area contributed by atoms with Crippen LogP contribution in [0.15, 0.2) is 30.5 Å². The van der Waals surface area contributed by atoms with Crippen LogP contribution >= 0.6 is 0 Å². The van der Waals surface area contributed by atoms with Crippen molar-refractivity contribution in [2.45, 2.75) is 38.8 Å². The molecule has 0 spiro atoms. The van der Waals surface area contributed by atoms with E-state index in [0.717, 1.165) is 16.5 Å². The zero-order valence-electron chi connectivity index (χ0n) is 14.7. The third-order valence-corrected chi connectivity index (χ3v) is 3.54. The van der Waals surface area contributed by atoms with Crippen molar-refractivity contribution >= 4 is 29.4 Å². The summed E-state index contributed by atoms with van der Waals surface area (Å²) in [4.78, 5) is 35.3. The van der Waals surface area contributed by atoms with Gasteiger partial charge in [0.2, 0.25) is 6.41 Å². The Morgan fingerprint density at radius 2 is 1.96 bits per heavy atom. The van der Waals surface area contributed by atoms with Gasteiger partial charge >= 0.3 is 12.1 Å². The molecular weight excluding hydrogens is 324 g/mol. The smallest absolute Gasteiger partial charge is 0.408 e. The lowest BCUT2D eigenvalue weighted by Gasteiger charge is -2.22. The average Bonchev–Trinajstić information content (AvgIpc) is 2.90. The number of esters is 1. The highest BCUT2D eigenvalue weighted by Crippen LogP contribution is 2.22. The highest BCUT2D eigenvalue weighted by Gasteiger charge is 2.26. The van der Waals surface area contributed by atoms with Crippen LogP contribution in [0, 0.1) is 0 Å². The minimum absolute atomic E-state index is 0.174. The van der Waals surface area contributed by atoms with Gasteiger partial charge < -0.3 is 14.8 Å². The number of alkyl carbamates (subject to hydrolysis) is 1. The molecule has 0 aliphatic rings. The number of carbonyl (C=O) groups is 3. The highest BCUT2D eigenvalue weighted by molar-refractivity contribution is 5.90. The molecule has 7 nitrogen and oxygen atoms in total. The molecule has 134 valence electrons. The number of rotatable bonds is 5. The van der Waals surface area contributed by atoms with E-state index in [1.165, 1.54) is 11.7 Å². The summed E-state index contributed by atoms with van der Waals surface area (Å²) in [5.41, 5.74) is 0.792. The van der Waals surface area contributed by atoms with E-state index in [2.05, 4.69) is 5.32 Å². The van der Waals surface area contributed by atoms with Crippen LogP contribution in [0.2, 0.25) is 0 Å². The fraction of sp³-hybridized carbons (Fsp3) is 0.389. The van der Waals surface area contributed by atoms with Crippen molar-refractivity contribution in [1.82, 2.24) is 9.88 Å². The van der Waals surface area contributed by atoms with Gasteiger partial charge in [0.05, 0.1) is 12.6 Å². The van der Waals surface area contributed by atoms with Gasteiger partial charge in [0.1, 0.15) is 11.6 Å². The highest BCUT2D eigenvalue weighted by atomic mass is 16.6. The Bertz CT molecular complexity index is 788. The Morgan fingerprint density at radius 1 is 1.28 bits per heavy atom. The monoisotopic (exact) mass is 346 g/mol. The van der Waals surface area contributed by atoms with Gasteiger partial charge in [-0.15, -0.1) is 0 Å². The zero-order chi connectivity index (χ0) is 18.6. The van der Waals surface area contributed by atoms with Gasteiger partial charge in [-0.2, -0.15) is 0 Å². The number of methoxy groups -OCH3 is 1. The van der Waals surface area contributed by atoms with Crippen molar-refractivity contribution in [2.75, 3.05) is 7.11 Å². The van der Waals surface area contributed by atoms with E-state index in [9.17, 15) is 14.4 Å². The van der Waals surface area contributed by atoms with Gasteiger partial charge in [0.15, 0.2) is 0 Å². The molecule has 0 saturated carbocycles. The molecule has 0 radical (unpaired) electrons. The summed E-state index contributed by atoms with van der Waals surface area (Å²) < 4.78 is 11.4. The van der Waals surface area contributed by atoms with Crippen LogP contribution < -0.4 is 5.32 Å². The lowest BCUT2D eigenvalue weighted by atomic mass is 10.1. The maximum Gasteiger partial charge on any atom is 0.408 e. The Balaban J connectivity index is 2.27. The summed E-state index contributed by atoms with van der Waals surface area (Å²) in [7, 11) is 1.25. The first-order valence-corrected chi connectivity index (χ1v) is 7.86. The molecule has 0 bridgehead atoms. The molecule has 1 aromatic heterocycles. The minimum atomic E-state index is -0.925. The van der Waals surface area contributed by atoms with Crippen molar-refractivity contribution in [2.24, 2.45) is 0 Å². The maximum absolute atomic E-state index is 12.1. The van der Waals surface area contributed by atoms with E-state index in [0.29, 0.717) is 6.41 Å². The van der Waals surface area contributed by atoms with Crippen LogP contribution in [0.25, 0.3) is 10.9 Å². The quantitative estimate of drug-likeness (QED) is 0.663. The van der Waals surface area contributed by atoms with E-state index in [1.807, 2.05) is 24.3 Å². The summed E-state index contributed by atoms with van der Waals surface area (Å²) in [5.74, 6) is -0.589. The van der Waals surface area contributed by atoms with Crippen LogP contribution in [-0.2, 0) is 25.5 Å². The number of benzene rings is 1. The number of fused-ring (bicyclic) bond motifs is 1. The van der Waals surface area contributed by atoms with Crippen LogP contribution in [0.5, 0.6) is 0 Å². The molecule has 2 aromatic rings. The van der Waals surface area contributed by atoms with Gasteiger partial charge in [0.25, 0.3) is 0 Å². The zero-order valence-corrected chi connectivity index (χ0v) is 14.7. The molecule has 1 amide bonds. The van der Waals surface area contributed by atoms with E-state index >= 15 is 0 Å². The molecule has 0 fully saturated rings. The molecule has 1 aromatic carbocycles. The second kappa shape index (κ2) is 7.38. The van der Waals surface area contributed by atoms with Gasteiger partial charge in [0, 0.05) is 18.0 Å². The van der Waals surface area contributed by atoms with E-state index in [4.69, 9.17) is 9.47 Å². The summed E-state index contributed by atoms with van der Waals surface area (Å²) >= 11 is 0. The van der Waals surface area contributed by atoms with Crippen LogP contribution in [0.3, 0.4) is 0 Å². The third-order valence-electron chi connectivity index (χ3n) is 3.54. The topological polar surface area (TPSA) is 86.6 Å². The Labute approximate surface area is 145 Å². The van der Waals surface area contributed by atoms with Crippen LogP contribution in [0.4, 0.5) is 4.79 Å². The minimum Gasteiger partial charge on any atom is -0.467 e. The van der Waals surface area contributed by atoms with Gasteiger partial charge in [-0.25, -0.2) is 9.59 Å². The molecule has 25 heavy (non-hydrogen) atoms. The number of carbonyl (C=O) groups excluding carboxylic acids is 3. The Kier molecular flexibility index (Phi) is 5.46. The molecule has 0 saturated heterocycles.